The molecule has 1 amide bonds. The molecule has 1 saturated heterocycles. The third-order valence-electron chi connectivity index (χ3n) is 5.60. The van der Waals surface area contributed by atoms with Gasteiger partial charge in [-0.1, -0.05) is 25.9 Å². The molecule has 10 heteroatoms. The van der Waals surface area contributed by atoms with Gasteiger partial charge in [-0.25, -0.2) is 12.8 Å². The molecule has 166 valence electrons. The van der Waals surface area contributed by atoms with Crippen molar-refractivity contribution in [3.63, 3.8) is 0 Å². The molecule has 2 heterocycles. The first kappa shape index (κ1) is 22.6. The van der Waals surface area contributed by atoms with Crippen molar-refractivity contribution in [3.8, 4) is 0 Å². The van der Waals surface area contributed by atoms with Crippen LogP contribution in [0.3, 0.4) is 0 Å². The fourth-order valence-corrected chi connectivity index (χ4v) is 5.27. The first-order valence-corrected chi connectivity index (χ1v) is 11.5. The summed E-state index contributed by atoms with van der Waals surface area (Å²) in [5.74, 6) is -1.41. The second-order valence-corrected chi connectivity index (χ2v) is 11.2. The van der Waals surface area contributed by atoms with E-state index in [1.807, 2.05) is 20.8 Å². The van der Waals surface area contributed by atoms with E-state index in [9.17, 15) is 17.6 Å². The maximum absolute atomic E-state index is 14.5. The van der Waals surface area contributed by atoms with E-state index in [-0.39, 0.29) is 22.9 Å². The molecule has 1 aliphatic rings. The molecule has 0 bridgehead atoms. The number of halogens is 1. The molecule has 1 aromatic heterocycles. The van der Waals surface area contributed by atoms with Crippen molar-refractivity contribution in [1.29, 1.82) is 0 Å². The number of anilines is 1. The Labute approximate surface area is 175 Å². The van der Waals surface area contributed by atoms with Crippen molar-refractivity contribution in [2.45, 2.75) is 64.2 Å². The Morgan fingerprint density at radius 2 is 2.07 bits per heavy atom. The Morgan fingerprint density at radius 3 is 2.63 bits per heavy atom. The number of carbonyl (C=O) groups excluding carboxylic acids is 1. The van der Waals surface area contributed by atoms with Crippen LogP contribution in [0, 0.1) is 11.2 Å². The van der Waals surface area contributed by atoms with Crippen LogP contribution in [0.1, 0.15) is 53.2 Å². The highest BCUT2D eigenvalue weighted by Gasteiger charge is 2.44. The molecule has 8 nitrogen and oxygen atoms in total. The van der Waals surface area contributed by atoms with Gasteiger partial charge in [0.2, 0.25) is 5.91 Å². The maximum atomic E-state index is 14.5. The molecule has 3 rings (SSSR count). The predicted octanol–water partition coefficient (Wildman–Crippen LogP) is 3.63. The minimum atomic E-state index is -3.67. The van der Waals surface area contributed by atoms with Crippen LogP contribution in [0.25, 0.3) is 11.0 Å². The summed E-state index contributed by atoms with van der Waals surface area (Å²) in [5.41, 5.74) is -1.04. The first-order chi connectivity index (χ1) is 13.8. The summed E-state index contributed by atoms with van der Waals surface area (Å²) in [7, 11) is -2.09. The molecule has 30 heavy (non-hydrogen) atoms. The lowest BCUT2D eigenvalue weighted by Gasteiger charge is -2.21. The van der Waals surface area contributed by atoms with Crippen molar-refractivity contribution >= 4 is 32.4 Å². The number of sulfone groups is 1. The van der Waals surface area contributed by atoms with E-state index in [2.05, 4.69) is 10.5 Å². The summed E-state index contributed by atoms with van der Waals surface area (Å²) in [4.78, 5) is 18.0. The van der Waals surface area contributed by atoms with Gasteiger partial charge in [0.15, 0.2) is 21.2 Å². The van der Waals surface area contributed by atoms with Crippen LogP contribution in [-0.4, -0.2) is 42.6 Å². The monoisotopic (exact) mass is 441 g/mol. The zero-order valence-electron chi connectivity index (χ0n) is 18.1. The third kappa shape index (κ3) is 4.35. The summed E-state index contributed by atoms with van der Waals surface area (Å²) in [6.45, 7) is 9.03. The molecular formula is C20H28FN3O5S. The molecule has 1 atom stereocenters. The van der Waals surface area contributed by atoms with Gasteiger partial charge in [-0.2, -0.15) is 5.06 Å². The van der Waals surface area contributed by atoms with Gasteiger partial charge in [-0.15, -0.1) is 0 Å². The number of aromatic nitrogens is 1. The number of nitrogens with zero attached hydrogens (tertiary/aromatic N) is 2. The Hall–Kier alpha value is -2.04. The Balaban J connectivity index is 1.92. The molecule has 1 N–H and O–H groups in total. The van der Waals surface area contributed by atoms with Crippen molar-refractivity contribution < 1.29 is 27.0 Å². The third-order valence-corrected chi connectivity index (χ3v) is 7.56. The van der Waals surface area contributed by atoms with Gasteiger partial charge in [-0.05, 0) is 26.3 Å². The minimum Gasteiger partial charge on any atom is -0.356 e. The lowest BCUT2D eigenvalue weighted by Crippen LogP contribution is -2.33. The smallest absolute Gasteiger partial charge is 0.230 e. The molecule has 1 aromatic carbocycles. The largest absolute Gasteiger partial charge is 0.356 e. The lowest BCUT2D eigenvalue weighted by atomic mass is 9.89. The standard InChI is InChI=1S/C20H28FN3O5S/c1-7-19(2,3)18(25)22-14-8-12-15(23-28-16(12)9-13(14)21)11-30(26,27)17-10-20(4,5)29-24(17)6/h8-9,17H,7,10-11H2,1-6H3,(H,22,25). The zero-order valence-corrected chi connectivity index (χ0v) is 18.9. The number of amides is 1. The van der Waals surface area contributed by atoms with Gasteiger partial charge in [-0.3, -0.25) is 9.63 Å². The van der Waals surface area contributed by atoms with Crippen LogP contribution < -0.4 is 5.32 Å². The highest BCUT2D eigenvalue weighted by atomic mass is 32.2. The molecule has 1 fully saturated rings. The number of carbonyl (C=O) groups is 1. The number of nitrogens with one attached hydrogen (secondary N) is 1. The molecular weight excluding hydrogens is 413 g/mol. The second-order valence-electron chi connectivity index (χ2n) is 9.01. The molecule has 0 aliphatic carbocycles. The predicted molar refractivity (Wildman–Crippen MR) is 111 cm³/mol. The second kappa shape index (κ2) is 7.58. The normalized spacial score (nSPS) is 20.0. The van der Waals surface area contributed by atoms with Crippen LogP contribution in [-0.2, 0) is 25.2 Å². The van der Waals surface area contributed by atoms with E-state index in [4.69, 9.17) is 9.36 Å². The molecule has 2 aromatic rings. The SMILES string of the molecule is CCC(C)(C)C(=O)Nc1cc2c(CS(=O)(=O)C3CC(C)(C)ON3C)noc2cc1F. The number of rotatable bonds is 6. The molecule has 0 radical (unpaired) electrons. The van der Waals surface area contributed by atoms with Crippen molar-refractivity contribution in [2.24, 2.45) is 5.41 Å². The van der Waals surface area contributed by atoms with Gasteiger partial charge in [0.05, 0.1) is 17.0 Å². The number of hydroxylamine groups is 2. The minimum absolute atomic E-state index is 0.0432. The summed E-state index contributed by atoms with van der Waals surface area (Å²) in [6.07, 6.45) is 0.885. The fraction of sp³-hybridized carbons (Fsp3) is 0.600. The van der Waals surface area contributed by atoms with Crippen molar-refractivity contribution in [3.05, 3.63) is 23.6 Å². The van der Waals surface area contributed by atoms with Gasteiger partial charge in [0.25, 0.3) is 0 Å². The highest BCUT2D eigenvalue weighted by Crippen LogP contribution is 2.34. The van der Waals surface area contributed by atoms with Crippen LogP contribution in [0.2, 0.25) is 0 Å². The molecule has 0 saturated carbocycles. The highest BCUT2D eigenvalue weighted by molar-refractivity contribution is 7.91. The van der Waals surface area contributed by atoms with E-state index < -0.39 is 37.8 Å². The number of hydrogen-bond donors (Lipinski definition) is 1. The summed E-state index contributed by atoms with van der Waals surface area (Å²) >= 11 is 0. The Kier molecular flexibility index (Phi) is 5.72. The van der Waals surface area contributed by atoms with Crippen LogP contribution in [0.15, 0.2) is 16.7 Å². The molecule has 1 unspecified atom stereocenters. The van der Waals surface area contributed by atoms with E-state index in [0.29, 0.717) is 18.2 Å². The van der Waals surface area contributed by atoms with Gasteiger partial charge in [0.1, 0.15) is 11.1 Å². The Bertz CT molecular complexity index is 1080. The molecule has 1 aliphatic heterocycles. The Morgan fingerprint density at radius 1 is 1.40 bits per heavy atom. The van der Waals surface area contributed by atoms with Crippen molar-refractivity contribution in [2.75, 3.05) is 12.4 Å². The fourth-order valence-electron chi connectivity index (χ4n) is 3.34. The first-order valence-electron chi connectivity index (χ1n) is 9.78. The summed E-state index contributed by atoms with van der Waals surface area (Å²) in [5, 5.41) is 7.28. The van der Waals surface area contributed by atoms with E-state index in [0.717, 1.165) is 6.07 Å². The number of benzene rings is 1. The average molecular weight is 442 g/mol. The van der Waals surface area contributed by atoms with Crippen molar-refractivity contribution in [1.82, 2.24) is 10.2 Å². The number of fused-ring (bicyclic) bond motifs is 1. The zero-order chi connectivity index (χ0) is 22.5. The summed E-state index contributed by atoms with van der Waals surface area (Å²) in [6, 6.07) is 2.47. The van der Waals surface area contributed by atoms with E-state index in [1.165, 1.54) is 11.1 Å². The van der Waals surface area contributed by atoms with Gasteiger partial charge in [0, 0.05) is 30.3 Å². The quantitative estimate of drug-likeness (QED) is 0.730. The van der Waals surface area contributed by atoms with Crippen LogP contribution in [0.5, 0.6) is 0 Å². The molecule has 0 spiro atoms. The maximum Gasteiger partial charge on any atom is 0.230 e. The van der Waals surface area contributed by atoms with Gasteiger partial charge >= 0.3 is 0 Å². The lowest BCUT2D eigenvalue weighted by molar-refractivity contribution is -0.168. The average Bonchev–Trinajstić information content (AvgIpc) is 3.14. The van der Waals surface area contributed by atoms with E-state index >= 15 is 0 Å². The van der Waals surface area contributed by atoms with E-state index in [1.54, 1.807) is 20.9 Å². The van der Waals surface area contributed by atoms with Gasteiger partial charge < -0.3 is 9.84 Å². The van der Waals surface area contributed by atoms with Crippen LogP contribution in [0.4, 0.5) is 10.1 Å². The summed E-state index contributed by atoms with van der Waals surface area (Å²) < 4.78 is 45.6. The van der Waals surface area contributed by atoms with Crippen LogP contribution >= 0.6 is 0 Å². The topological polar surface area (TPSA) is 102 Å². The number of hydrogen-bond acceptors (Lipinski definition) is 7.